The molecule has 1 amide bonds. The SMILES string of the molecule is CC(C)(C)c1cc(Cl)c(OC(N)=O)cc1Br. The van der Waals surface area contributed by atoms with Gasteiger partial charge in [-0.25, -0.2) is 4.79 Å². The highest BCUT2D eigenvalue weighted by Crippen LogP contribution is 2.37. The van der Waals surface area contributed by atoms with Gasteiger partial charge in [-0.3, -0.25) is 0 Å². The number of hydrogen-bond acceptors (Lipinski definition) is 2. The van der Waals surface area contributed by atoms with Gasteiger partial charge in [0.15, 0.2) is 5.75 Å². The van der Waals surface area contributed by atoms with Crippen LogP contribution in [0.15, 0.2) is 16.6 Å². The molecule has 0 spiro atoms. The number of hydrogen-bond donors (Lipinski definition) is 1. The molecule has 16 heavy (non-hydrogen) atoms. The Morgan fingerprint density at radius 2 is 2.00 bits per heavy atom. The minimum Gasteiger partial charge on any atom is -0.409 e. The first kappa shape index (κ1) is 13.3. The molecular formula is C11H13BrClNO2. The molecule has 88 valence electrons. The summed E-state index contributed by atoms with van der Waals surface area (Å²) in [6, 6.07) is 3.41. The van der Waals surface area contributed by atoms with Crippen molar-refractivity contribution in [2.75, 3.05) is 0 Å². The summed E-state index contributed by atoms with van der Waals surface area (Å²) in [4.78, 5) is 10.6. The van der Waals surface area contributed by atoms with E-state index in [4.69, 9.17) is 22.1 Å². The Morgan fingerprint density at radius 1 is 1.44 bits per heavy atom. The van der Waals surface area contributed by atoms with Crippen LogP contribution in [0.25, 0.3) is 0 Å². The van der Waals surface area contributed by atoms with Gasteiger partial charge in [-0.15, -0.1) is 0 Å². The van der Waals surface area contributed by atoms with Crippen LogP contribution in [0.3, 0.4) is 0 Å². The number of carbonyl (C=O) groups is 1. The van der Waals surface area contributed by atoms with Crippen molar-refractivity contribution in [3.05, 3.63) is 27.2 Å². The molecule has 1 rings (SSSR count). The summed E-state index contributed by atoms with van der Waals surface area (Å²) < 4.78 is 5.60. The smallest absolute Gasteiger partial charge is 0.409 e. The Hall–Kier alpha value is -0.740. The maximum absolute atomic E-state index is 10.6. The summed E-state index contributed by atoms with van der Waals surface area (Å²) in [5.74, 6) is 0.258. The summed E-state index contributed by atoms with van der Waals surface area (Å²) in [6.45, 7) is 6.20. The van der Waals surface area contributed by atoms with Crippen molar-refractivity contribution in [2.24, 2.45) is 5.73 Å². The molecule has 0 aliphatic heterocycles. The van der Waals surface area contributed by atoms with Crippen molar-refractivity contribution in [1.82, 2.24) is 0 Å². The zero-order valence-electron chi connectivity index (χ0n) is 9.30. The maximum Gasteiger partial charge on any atom is 0.410 e. The molecule has 0 radical (unpaired) electrons. The molecule has 0 aliphatic carbocycles. The number of ether oxygens (including phenoxy) is 1. The Morgan fingerprint density at radius 3 is 2.44 bits per heavy atom. The van der Waals surface area contributed by atoms with Crippen molar-refractivity contribution >= 4 is 33.6 Å². The average Bonchev–Trinajstić information content (AvgIpc) is 2.07. The molecule has 2 N–H and O–H groups in total. The van der Waals surface area contributed by atoms with Crippen LogP contribution in [0.4, 0.5) is 4.79 Å². The van der Waals surface area contributed by atoms with Crippen molar-refractivity contribution < 1.29 is 9.53 Å². The normalized spacial score (nSPS) is 11.3. The van der Waals surface area contributed by atoms with E-state index in [2.05, 4.69) is 36.7 Å². The number of carbonyl (C=O) groups excluding carboxylic acids is 1. The molecule has 0 aromatic heterocycles. The van der Waals surface area contributed by atoms with E-state index in [9.17, 15) is 4.79 Å². The second kappa shape index (κ2) is 4.63. The van der Waals surface area contributed by atoms with E-state index in [-0.39, 0.29) is 11.2 Å². The van der Waals surface area contributed by atoms with Crippen LogP contribution in [0.1, 0.15) is 26.3 Å². The summed E-state index contributed by atoms with van der Waals surface area (Å²) in [5, 5.41) is 0.368. The van der Waals surface area contributed by atoms with Crippen molar-refractivity contribution in [1.29, 1.82) is 0 Å². The number of rotatable bonds is 1. The lowest BCUT2D eigenvalue weighted by atomic mass is 9.87. The third-order valence-corrected chi connectivity index (χ3v) is 2.99. The Bertz CT molecular complexity index is 427. The lowest BCUT2D eigenvalue weighted by Gasteiger charge is -2.21. The van der Waals surface area contributed by atoms with Crippen LogP contribution in [-0.4, -0.2) is 6.09 Å². The third kappa shape index (κ3) is 3.12. The van der Waals surface area contributed by atoms with Crippen LogP contribution in [0, 0.1) is 0 Å². The molecule has 0 unspecified atom stereocenters. The quantitative estimate of drug-likeness (QED) is 0.856. The summed E-state index contributed by atoms with van der Waals surface area (Å²) in [5.41, 5.74) is 5.92. The number of primary amides is 1. The molecule has 0 aliphatic rings. The van der Waals surface area contributed by atoms with Crippen LogP contribution < -0.4 is 10.5 Å². The number of amides is 1. The van der Waals surface area contributed by atoms with E-state index in [1.54, 1.807) is 12.1 Å². The average molecular weight is 307 g/mol. The fourth-order valence-electron chi connectivity index (χ4n) is 1.29. The van der Waals surface area contributed by atoms with Crippen molar-refractivity contribution in [2.45, 2.75) is 26.2 Å². The zero-order chi connectivity index (χ0) is 12.5. The molecule has 0 saturated carbocycles. The molecule has 5 heteroatoms. The largest absolute Gasteiger partial charge is 0.410 e. The lowest BCUT2D eigenvalue weighted by Crippen LogP contribution is -2.17. The van der Waals surface area contributed by atoms with E-state index >= 15 is 0 Å². The molecule has 0 heterocycles. The molecule has 1 aromatic carbocycles. The highest BCUT2D eigenvalue weighted by molar-refractivity contribution is 9.10. The van der Waals surface area contributed by atoms with Gasteiger partial charge in [0.25, 0.3) is 0 Å². The number of benzene rings is 1. The first-order valence-corrected chi connectivity index (χ1v) is 5.85. The number of nitrogens with two attached hydrogens (primary N) is 1. The molecule has 0 saturated heterocycles. The Labute approximate surface area is 108 Å². The Balaban J connectivity index is 3.22. The minimum atomic E-state index is -0.877. The fourth-order valence-corrected chi connectivity index (χ4v) is 2.41. The van der Waals surface area contributed by atoms with Gasteiger partial charge in [-0.1, -0.05) is 48.3 Å². The molecule has 0 fully saturated rings. The van der Waals surface area contributed by atoms with Crippen LogP contribution >= 0.6 is 27.5 Å². The van der Waals surface area contributed by atoms with Gasteiger partial charge in [0.05, 0.1) is 5.02 Å². The second-order valence-electron chi connectivity index (χ2n) is 4.43. The van der Waals surface area contributed by atoms with Gasteiger partial charge in [0, 0.05) is 4.47 Å². The zero-order valence-corrected chi connectivity index (χ0v) is 11.6. The van der Waals surface area contributed by atoms with E-state index in [1.165, 1.54) is 0 Å². The van der Waals surface area contributed by atoms with Gasteiger partial charge in [-0.2, -0.15) is 0 Å². The van der Waals surface area contributed by atoms with Gasteiger partial charge >= 0.3 is 6.09 Å². The van der Waals surface area contributed by atoms with Gasteiger partial charge in [0.1, 0.15) is 0 Å². The molecule has 0 atom stereocenters. The van der Waals surface area contributed by atoms with E-state index in [1.807, 2.05) is 0 Å². The predicted molar refractivity (Wildman–Crippen MR) is 68.1 cm³/mol. The van der Waals surface area contributed by atoms with Gasteiger partial charge in [-0.05, 0) is 23.1 Å². The number of halogens is 2. The van der Waals surface area contributed by atoms with Crippen LogP contribution in [-0.2, 0) is 5.41 Å². The lowest BCUT2D eigenvalue weighted by molar-refractivity contribution is 0.211. The van der Waals surface area contributed by atoms with Crippen LogP contribution in [0.5, 0.6) is 5.75 Å². The van der Waals surface area contributed by atoms with E-state index < -0.39 is 6.09 Å². The summed E-state index contributed by atoms with van der Waals surface area (Å²) >= 11 is 9.41. The highest BCUT2D eigenvalue weighted by atomic mass is 79.9. The minimum absolute atomic E-state index is 0.0479. The standard InChI is InChI=1S/C11H13BrClNO2/c1-11(2,3)6-4-8(13)9(5-7(6)12)16-10(14)15/h4-5H,1-3H3,(H2,14,15). The first-order valence-electron chi connectivity index (χ1n) is 4.68. The predicted octanol–water partition coefficient (Wildman–Crippen LogP) is 3.86. The van der Waals surface area contributed by atoms with Crippen molar-refractivity contribution in [3.8, 4) is 5.75 Å². The van der Waals surface area contributed by atoms with E-state index in [0.29, 0.717) is 5.02 Å². The van der Waals surface area contributed by atoms with Gasteiger partial charge < -0.3 is 10.5 Å². The molecule has 0 bridgehead atoms. The molecular weight excluding hydrogens is 293 g/mol. The maximum atomic E-state index is 10.6. The Kier molecular flexibility index (Phi) is 3.86. The molecule has 3 nitrogen and oxygen atoms in total. The third-order valence-electron chi connectivity index (χ3n) is 2.04. The van der Waals surface area contributed by atoms with Gasteiger partial charge in [0.2, 0.25) is 0 Å². The second-order valence-corrected chi connectivity index (χ2v) is 5.70. The molecule has 1 aromatic rings. The monoisotopic (exact) mass is 305 g/mol. The van der Waals surface area contributed by atoms with Crippen molar-refractivity contribution in [3.63, 3.8) is 0 Å². The first-order chi connectivity index (χ1) is 7.21. The fraction of sp³-hybridized carbons (Fsp3) is 0.364. The summed E-state index contributed by atoms with van der Waals surface area (Å²) in [7, 11) is 0. The summed E-state index contributed by atoms with van der Waals surface area (Å²) in [6.07, 6.45) is -0.877. The van der Waals surface area contributed by atoms with E-state index in [0.717, 1.165) is 10.0 Å². The van der Waals surface area contributed by atoms with Crippen LogP contribution in [0.2, 0.25) is 5.02 Å². The topological polar surface area (TPSA) is 52.3 Å². The highest BCUT2D eigenvalue weighted by Gasteiger charge is 2.20.